The molecule has 0 aliphatic carbocycles. The number of fused-ring (bicyclic) bond motifs is 1. The topological polar surface area (TPSA) is 108 Å². The van der Waals surface area contributed by atoms with E-state index in [1.807, 2.05) is 0 Å². The Balaban J connectivity index is 1.84. The number of nitrogens with zero attached hydrogens (tertiary/aromatic N) is 5. The van der Waals surface area contributed by atoms with Gasteiger partial charge in [0.15, 0.2) is 0 Å². The average molecular weight is 412 g/mol. The molecule has 2 aliphatic rings. The minimum atomic E-state index is -2.80. The number of rotatable bonds is 2. The second-order valence-corrected chi connectivity index (χ2v) is 9.63. The molecular weight excluding hydrogens is 391 g/mol. The first-order valence-electron chi connectivity index (χ1n) is 9.34. The van der Waals surface area contributed by atoms with Gasteiger partial charge in [0.05, 0.1) is 17.9 Å². The molecule has 0 bridgehead atoms. The van der Waals surface area contributed by atoms with Gasteiger partial charge in [-0.25, -0.2) is 18.0 Å². The van der Waals surface area contributed by atoms with E-state index in [9.17, 15) is 8.60 Å². The van der Waals surface area contributed by atoms with Crippen LogP contribution in [0.5, 0.6) is 0 Å². The van der Waals surface area contributed by atoms with Crippen molar-refractivity contribution in [2.75, 3.05) is 18.8 Å². The van der Waals surface area contributed by atoms with Gasteiger partial charge in [-0.15, -0.1) is 0 Å². The van der Waals surface area contributed by atoms with E-state index in [1.165, 1.54) is 12.3 Å². The summed E-state index contributed by atoms with van der Waals surface area (Å²) in [5.74, 6) is -0.257. The third-order valence-electron chi connectivity index (χ3n) is 5.24. The van der Waals surface area contributed by atoms with Crippen molar-refractivity contribution in [2.45, 2.75) is 25.3 Å². The summed E-state index contributed by atoms with van der Waals surface area (Å²) in [6, 6.07) is 8.38. The number of nitrogens with two attached hydrogens (primary N) is 1. The summed E-state index contributed by atoms with van der Waals surface area (Å²) in [7, 11) is -2.80. The average Bonchev–Trinajstić information content (AvgIpc) is 2.89. The molecule has 2 aromatic rings. The number of aromatic nitrogens is 1. The molecular formula is C20H21FN6OS. The lowest BCUT2D eigenvalue weighted by Gasteiger charge is -2.38. The normalized spacial score (nSPS) is 26.5. The number of halogens is 1. The van der Waals surface area contributed by atoms with Crippen molar-refractivity contribution in [2.24, 2.45) is 15.1 Å². The fourth-order valence-corrected chi connectivity index (χ4v) is 6.29. The van der Waals surface area contributed by atoms with Gasteiger partial charge in [0.2, 0.25) is 5.96 Å². The summed E-state index contributed by atoms with van der Waals surface area (Å²) in [5, 5.41) is 9.11. The van der Waals surface area contributed by atoms with Crippen molar-refractivity contribution in [3.8, 4) is 17.2 Å². The quantitative estimate of drug-likeness (QED) is 0.818. The lowest BCUT2D eigenvalue weighted by atomic mass is 9.91. The third kappa shape index (κ3) is 3.44. The highest BCUT2D eigenvalue weighted by Gasteiger charge is 2.42. The van der Waals surface area contributed by atoms with Crippen molar-refractivity contribution in [3.05, 3.63) is 53.6 Å². The fraction of sp³-hybridized carbons (Fsp3) is 0.350. The molecule has 0 spiro atoms. The van der Waals surface area contributed by atoms with Gasteiger partial charge in [0, 0.05) is 30.1 Å². The second-order valence-electron chi connectivity index (χ2n) is 7.43. The number of benzene rings is 1. The zero-order chi connectivity index (χ0) is 20.6. The van der Waals surface area contributed by atoms with E-state index in [1.54, 1.807) is 35.6 Å². The monoisotopic (exact) mass is 412 g/mol. The van der Waals surface area contributed by atoms with Crippen LogP contribution in [0.1, 0.15) is 30.9 Å². The van der Waals surface area contributed by atoms with E-state index in [-0.39, 0.29) is 11.7 Å². The predicted molar refractivity (Wildman–Crippen MR) is 110 cm³/mol. The maximum atomic E-state index is 14.9. The highest BCUT2D eigenvalue weighted by molar-refractivity contribution is 7.92. The van der Waals surface area contributed by atoms with E-state index in [0.717, 1.165) is 12.8 Å². The van der Waals surface area contributed by atoms with Crippen LogP contribution in [0.25, 0.3) is 11.1 Å². The van der Waals surface area contributed by atoms with Crippen molar-refractivity contribution in [1.82, 2.24) is 9.29 Å². The molecule has 0 radical (unpaired) electrons. The molecule has 1 aromatic heterocycles. The second kappa shape index (κ2) is 7.12. The van der Waals surface area contributed by atoms with Crippen molar-refractivity contribution in [3.63, 3.8) is 0 Å². The summed E-state index contributed by atoms with van der Waals surface area (Å²) in [6.45, 7) is 2.76. The standard InChI is InChI=1S/C20H21FN6OS/c1-20(13-29(28)25-6-2-3-7-27(29)19(23)26-20)17-9-15(4-5-18(17)21)16-8-14(10-22)11-24-12-16/h4-5,8-9,11-12H,2-3,6-7,13H2,1H3,(H2,23,26)/t20-,29?/m0/s1. The van der Waals surface area contributed by atoms with Gasteiger partial charge in [-0.05, 0) is 43.5 Å². The molecule has 3 heterocycles. The smallest absolute Gasteiger partial charge is 0.204 e. The number of aliphatic imine (C=N–C) groups is 1. The van der Waals surface area contributed by atoms with Crippen LogP contribution in [0.3, 0.4) is 0 Å². The van der Waals surface area contributed by atoms with Crippen LogP contribution in [0.15, 0.2) is 46.0 Å². The molecule has 2 atom stereocenters. The lowest BCUT2D eigenvalue weighted by molar-refractivity contribution is 0.464. The Kier molecular flexibility index (Phi) is 4.74. The molecule has 150 valence electrons. The molecule has 29 heavy (non-hydrogen) atoms. The molecule has 9 heteroatoms. The third-order valence-corrected chi connectivity index (χ3v) is 7.82. The number of hydrogen-bond acceptors (Lipinski definition) is 6. The van der Waals surface area contributed by atoms with Gasteiger partial charge in [-0.1, -0.05) is 6.07 Å². The lowest BCUT2D eigenvalue weighted by Crippen LogP contribution is -2.52. The molecule has 2 N–H and O–H groups in total. The van der Waals surface area contributed by atoms with Crippen LogP contribution in [0, 0.1) is 17.1 Å². The van der Waals surface area contributed by atoms with Crippen LogP contribution >= 0.6 is 0 Å². The van der Waals surface area contributed by atoms with Gasteiger partial charge >= 0.3 is 0 Å². The SMILES string of the molecule is C[C@@]1(c2cc(-c3cncc(C#N)c3)ccc2F)CS2(=O)=NCCCCN2C(N)=N1. The van der Waals surface area contributed by atoms with Crippen LogP contribution in [0.2, 0.25) is 0 Å². The van der Waals surface area contributed by atoms with E-state index in [2.05, 4.69) is 20.4 Å². The minimum Gasteiger partial charge on any atom is -0.369 e. The number of hydrogen-bond donors (Lipinski definition) is 1. The molecule has 0 amide bonds. The van der Waals surface area contributed by atoms with E-state index in [0.29, 0.717) is 35.3 Å². The van der Waals surface area contributed by atoms with Gasteiger partial charge in [0.25, 0.3) is 0 Å². The zero-order valence-electron chi connectivity index (χ0n) is 16.0. The van der Waals surface area contributed by atoms with Crippen LogP contribution in [-0.2, 0) is 15.5 Å². The summed E-state index contributed by atoms with van der Waals surface area (Å²) >= 11 is 0. The predicted octanol–water partition coefficient (Wildman–Crippen LogP) is 2.78. The molecule has 0 saturated heterocycles. The number of guanidine groups is 1. The molecule has 4 rings (SSSR count). The van der Waals surface area contributed by atoms with Crippen molar-refractivity contribution >= 4 is 15.9 Å². The molecule has 0 saturated carbocycles. The first kappa shape index (κ1) is 19.3. The Morgan fingerprint density at radius 3 is 2.90 bits per heavy atom. The summed E-state index contributed by atoms with van der Waals surface area (Å²) in [6.07, 6.45) is 4.75. The Labute approximate surface area is 169 Å². The van der Waals surface area contributed by atoms with Gasteiger partial charge in [-0.2, -0.15) is 5.26 Å². The summed E-state index contributed by atoms with van der Waals surface area (Å²) in [4.78, 5) is 8.63. The molecule has 2 aliphatic heterocycles. The summed E-state index contributed by atoms with van der Waals surface area (Å²) < 4.78 is 34.5. The minimum absolute atomic E-state index is 0.0670. The van der Waals surface area contributed by atoms with Crippen LogP contribution in [-0.4, -0.2) is 38.3 Å². The van der Waals surface area contributed by atoms with Crippen LogP contribution in [0.4, 0.5) is 4.39 Å². The highest BCUT2D eigenvalue weighted by Crippen LogP contribution is 2.37. The molecule has 1 aromatic carbocycles. The molecule has 1 unspecified atom stereocenters. The van der Waals surface area contributed by atoms with E-state index < -0.39 is 21.3 Å². The van der Waals surface area contributed by atoms with Gasteiger partial charge in [0.1, 0.15) is 27.3 Å². The van der Waals surface area contributed by atoms with E-state index in [4.69, 9.17) is 11.0 Å². The first-order chi connectivity index (χ1) is 13.8. The fourth-order valence-electron chi connectivity index (χ4n) is 3.79. The van der Waals surface area contributed by atoms with Crippen molar-refractivity contribution < 1.29 is 8.60 Å². The summed E-state index contributed by atoms with van der Waals surface area (Å²) in [5.41, 5.74) is 7.13. The Morgan fingerprint density at radius 1 is 1.28 bits per heavy atom. The van der Waals surface area contributed by atoms with Crippen molar-refractivity contribution in [1.29, 1.82) is 5.26 Å². The number of nitriles is 1. The van der Waals surface area contributed by atoms with Gasteiger partial charge < -0.3 is 5.73 Å². The largest absolute Gasteiger partial charge is 0.369 e. The number of pyridine rings is 1. The highest BCUT2D eigenvalue weighted by atomic mass is 32.2. The Morgan fingerprint density at radius 2 is 2.10 bits per heavy atom. The maximum Gasteiger partial charge on any atom is 0.204 e. The first-order valence-corrected chi connectivity index (χ1v) is 11.0. The van der Waals surface area contributed by atoms with Crippen LogP contribution < -0.4 is 5.73 Å². The Hall–Kier alpha value is -2.99. The van der Waals surface area contributed by atoms with Gasteiger partial charge in [-0.3, -0.25) is 9.29 Å². The molecule has 7 nitrogen and oxygen atoms in total. The molecule has 0 fully saturated rings. The van der Waals surface area contributed by atoms with E-state index >= 15 is 0 Å². The Bertz CT molecular complexity index is 1160. The maximum absolute atomic E-state index is 14.9. The zero-order valence-corrected chi connectivity index (χ0v) is 16.8.